The maximum absolute atomic E-state index is 14.4. The highest BCUT2D eigenvalue weighted by molar-refractivity contribution is 7.92. The maximum Gasteiger partial charge on any atom is 0.416 e. The fourth-order valence-corrected chi connectivity index (χ4v) is 6.45. The molecule has 0 aliphatic rings. The van der Waals surface area contributed by atoms with Gasteiger partial charge in [0.05, 0.1) is 16.1 Å². The molecule has 0 saturated carbocycles. The number of alkyl halides is 3. The van der Waals surface area contributed by atoms with E-state index in [4.69, 9.17) is 11.6 Å². The van der Waals surface area contributed by atoms with Crippen LogP contribution in [-0.2, 0) is 38.8 Å². The van der Waals surface area contributed by atoms with Crippen LogP contribution in [-0.4, -0.2) is 43.8 Å². The number of rotatable bonds is 12. The number of anilines is 1. The molecule has 7 nitrogen and oxygen atoms in total. The summed E-state index contributed by atoms with van der Waals surface area (Å²) in [5, 5.41) is 3.16. The normalized spacial score (nSPS) is 12.4. The van der Waals surface area contributed by atoms with Gasteiger partial charge >= 0.3 is 6.18 Å². The molecule has 0 bridgehead atoms. The number of benzene rings is 4. The van der Waals surface area contributed by atoms with Crippen LogP contribution in [0.25, 0.3) is 0 Å². The highest BCUT2D eigenvalue weighted by Gasteiger charge is 2.36. The highest BCUT2D eigenvalue weighted by atomic mass is 35.5. The van der Waals surface area contributed by atoms with Crippen LogP contribution in [0.2, 0.25) is 5.02 Å². The van der Waals surface area contributed by atoms with Crippen molar-refractivity contribution in [3.05, 3.63) is 131 Å². The van der Waals surface area contributed by atoms with Crippen molar-refractivity contribution in [1.29, 1.82) is 0 Å². The Bertz CT molecular complexity index is 1750. The van der Waals surface area contributed by atoms with Gasteiger partial charge in [0.1, 0.15) is 12.6 Å². The Kier molecular flexibility index (Phi) is 11.1. The predicted molar refractivity (Wildman–Crippen MR) is 172 cm³/mol. The number of amides is 2. The van der Waals surface area contributed by atoms with Crippen LogP contribution >= 0.6 is 11.6 Å². The van der Waals surface area contributed by atoms with Gasteiger partial charge in [-0.15, -0.1) is 0 Å². The van der Waals surface area contributed by atoms with Gasteiger partial charge in [-0.05, 0) is 61.4 Å². The van der Waals surface area contributed by atoms with E-state index in [-0.39, 0.29) is 29.6 Å². The lowest BCUT2D eigenvalue weighted by atomic mass is 10.0. The summed E-state index contributed by atoms with van der Waals surface area (Å²) in [5.74, 6) is -1.31. The molecule has 1 N–H and O–H groups in total. The summed E-state index contributed by atoms with van der Waals surface area (Å²) in [6.07, 6.45) is -4.70. The first-order chi connectivity index (χ1) is 21.8. The smallest absolute Gasteiger partial charge is 0.352 e. The van der Waals surface area contributed by atoms with Gasteiger partial charge in [-0.2, -0.15) is 13.2 Å². The second-order valence-corrected chi connectivity index (χ2v) is 13.1. The molecule has 0 saturated heterocycles. The van der Waals surface area contributed by atoms with Gasteiger partial charge in [0.15, 0.2) is 0 Å². The molecule has 12 heteroatoms. The molecule has 4 aromatic rings. The van der Waals surface area contributed by atoms with Crippen LogP contribution in [0.15, 0.2) is 114 Å². The molecule has 4 aromatic carbocycles. The van der Waals surface area contributed by atoms with Gasteiger partial charge in [-0.25, -0.2) is 8.42 Å². The summed E-state index contributed by atoms with van der Waals surface area (Å²) in [5.41, 5.74) is -0.229. The minimum atomic E-state index is -4.77. The van der Waals surface area contributed by atoms with Crippen LogP contribution in [0.4, 0.5) is 18.9 Å². The van der Waals surface area contributed by atoms with Crippen molar-refractivity contribution in [3.8, 4) is 0 Å². The molecule has 0 aliphatic carbocycles. The Balaban J connectivity index is 1.85. The second kappa shape index (κ2) is 14.8. The van der Waals surface area contributed by atoms with Crippen LogP contribution < -0.4 is 9.62 Å². The zero-order chi connectivity index (χ0) is 33.5. The predicted octanol–water partition coefficient (Wildman–Crippen LogP) is 6.72. The van der Waals surface area contributed by atoms with E-state index in [9.17, 15) is 31.2 Å². The first-order valence-electron chi connectivity index (χ1n) is 14.4. The van der Waals surface area contributed by atoms with E-state index >= 15 is 0 Å². The zero-order valence-electron chi connectivity index (χ0n) is 25.1. The molecule has 0 aromatic heterocycles. The maximum atomic E-state index is 14.4. The number of nitrogens with one attached hydrogen (secondary N) is 1. The quantitative estimate of drug-likeness (QED) is 0.181. The van der Waals surface area contributed by atoms with E-state index in [1.54, 1.807) is 74.5 Å². The van der Waals surface area contributed by atoms with E-state index in [1.807, 2.05) is 0 Å². The third kappa shape index (κ3) is 8.67. The van der Waals surface area contributed by atoms with Crippen molar-refractivity contribution >= 4 is 39.1 Å². The molecular formula is C34H33ClF3N3O4S. The van der Waals surface area contributed by atoms with E-state index in [1.165, 1.54) is 35.2 Å². The number of hydrogen-bond acceptors (Lipinski definition) is 4. The molecule has 0 heterocycles. The monoisotopic (exact) mass is 671 g/mol. The van der Waals surface area contributed by atoms with E-state index in [0.717, 1.165) is 17.7 Å². The average Bonchev–Trinajstić information content (AvgIpc) is 3.02. The van der Waals surface area contributed by atoms with Crippen LogP contribution in [0.5, 0.6) is 0 Å². The molecule has 46 heavy (non-hydrogen) atoms. The largest absolute Gasteiger partial charge is 0.416 e. The van der Waals surface area contributed by atoms with Crippen molar-refractivity contribution in [3.63, 3.8) is 0 Å². The number of nitrogens with zero attached hydrogens (tertiary/aromatic N) is 2. The number of sulfonamides is 1. The topological polar surface area (TPSA) is 86.8 Å². The number of hydrogen-bond donors (Lipinski definition) is 1. The van der Waals surface area contributed by atoms with Gasteiger partial charge < -0.3 is 10.2 Å². The van der Waals surface area contributed by atoms with Crippen molar-refractivity contribution in [2.45, 2.75) is 50.0 Å². The summed E-state index contributed by atoms with van der Waals surface area (Å²) >= 11 is 6.46. The van der Waals surface area contributed by atoms with E-state index in [0.29, 0.717) is 21.0 Å². The van der Waals surface area contributed by atoms with Crippen LogP contribution in [0, 0.1) is 0 Å². The first-order valence-corrected chi connectivity index (χ1v) is 16.2. The Labute approximate surface area is 271 Å². The van der Waals surface area contributed by atoms with Crippen molar-refractivity contribution in [2.24, 2.45) is 0 Å². The van der Waals surface area contributed by atoms with E-state index in [2.05, 4.69) is 5.32 Å². The van der Waals surface area contributed by atoms with E-state index < -0.39 is 46.2 Å². The van der Waals surface area contributed by atoms with Gasteiger partial charge in [-0.1, -0.05) is 84.4 Å². The number of carbonyl (C=O) groups excluding carboxylic acids is 2. The molecular weight excluding hydrogens is 639 g/mol. The average molecular weight is 672 g/mol. The molecule has 0 aliphatic heterocycles. The Morgan fingerprint density at radius 2 is 1.46 bits per heavy atom. The molecule has 0 fully saturated rings. The Morgan fingerprint density at radius 1 is 0.848 bits per heavy atom. The lowest BCUT2D eigenvalue weighted by Gasteiger charge is -2.34. The van der Waals surface area contributed by atoms with Crippen LogP contribution in [0.1, 0.15) is 30.5 Å². The lowest BCUT2D eigenvalue weighted by molar-refractivity contribution is -0.140. The van der Waals surface area contributed by atoms with Crippen molar-refractivity contribution in [2.75, 3.05) is 10.8 Å². The minimum Gasteiger partial charge on any atom is -0.352 e. The van der Waals surface area contributed by atoms with Crippen molar-refractivity contribution < 1.29 is 31.2 Å². The summed E-state index contributed by atoms with van der Waals surface area (Å²) in [6.45, 7) is 2.45. The summed E-state index contributed by atoms with van der Waals surface area (Å²) in [6, 6.07) is 25.1. The fourth-order valence-electron chi connectivity index (χ4n) is 4.83. The Morgan fingerprint density at radius 3 is 2.07 bits per heavy atom. The molecule has 0 unspecified atom stereocenters. The van der Waals surface area contributed by atoms with Crippen LogP contribution in [0.3, 0.4) is 0 Å². The third-order valence-corrected chi connectivity index (χ3v) is 9.23. The molecule has 0 spiro atoms. The lowest BCUT2D eigenvalue weighted by Crippen LogP contribution is -2.54. The number of halogens is 4. The minimum absolute atomic E-state index is 0.0740. The second-order valence-electron chi connectivity index (χ2n) is 10.9. The molecule has 2 amide bonds. The van der Waals surface area contributed by atoms with Gasteiger partial charge in [-0.3, -0.25) is 13.9 Å². The zero-order valence-corrected chi connectivity index (χ0v) is 26.7. The Hall–Kier alpha value is -4.35. The number of carbonyl (C=O) groups is 2. The van der Waals surface area contributed by atoms with Crippen molar-refractivity contribution in [1.82, 2.24) is 10.2 Å². The highest BCUT2D eigenvalue weighted by Crippen LogP contribution is 2.33. The molecule has 4 rings (SSSR count). The molecule has 242 valence electrons. The molecule has 1 atom stereocenters. The van der Waals surface area contributed by atoms with Gasteiger partial charge in [0.2, 0.25) is 11.8 Å². The standard InChI is InChI=1S/C34H33ClF3N3O4S/c1-24(2)39-33(43)31(20-25-12-5-3-6-13-25)40(22-26-14-9-10-19-30(26)35)32(42)23-41(46(44,45)29-17-7-4-8-18-29)28-16-11-15-27(21-28)34(36,37)38/h3-19,21,24,31H,20,22-23H2,1-2H3,(H,39,43)/t31-/m0/s1. The van der Waals surface area contributed by atoms with Gasteiger partial charge in [0.25, 0.3) is 10.0 Å². The fraction of sp³-hybridized carbons (Fsp3) is 0.235. The summed E-state index contributed by atoms with van der Waals surface area (Å²) in [4.78, 5) is 29.1. The molecule has 0 radical (unpaired) electrons. The summed E-state index contributed by atoms with van der Waals surface area (Å²) in [7, 11) is -4.56. The first kappa shape index (κ1) is 34.5. The third-order valence-electron chi connectivity index (χ3n) is 7.07. The summed E-state index contributed by atoms with van der Waals surface area (Å²) < 4.78 is 69.8. The van der Waals surface area contributed by atoms with Gasteiger partial charge in [0, 0.05) is 24.0 Å². The SMILES string of the molecule is CC(C)NC(=O)[C@H](Cc1ccccc1)N(Cc1ccccc1Cl)C(=O)CN(c1cccc(C(F)(F)F)c1)S(=O)(=O)c1ccccc1.